The fourth-order valence-corrected chi connectivity index (χ4v) is 3.78. The molecular formula is C17H27NO. The molecule has 0 amide bonds. The summed E-state index contributed by atoms with van der Waals surface area (Å²) in [7, 11) is 2.15. The standard InChI is InChI=1S/C17H27NO/c1-11-7-12(2)16(13(3)8-11)17(19)9-15(5)18(6)10-14(17)4/h7-8,14-15,19H,9-10H2,1-6H3/t14-,15-,17-/m0/s1. The van der Waals surface area contributed by atoms with Crippen LogP contribution in [0.5, 0.6) is 0 Å². The SMILES string of the molecule is Cc1cc(C)c([C@]2(O)C[C@H](C)N(C)C[C@@H]2C)c(C)c1. The van der Waals surface area contributed by atoms with E-state index < -0.39 is 5.60 Å². The number of piperidine rings is 1. The highest BCUT2D eigenvalue weighted by Crippen LogP contribution is 2.42. The Balaban J connectivity index is 2.50. The minimum atomic E-state index is -0.687. The van der Waals surface area contributed by atoms with Crippen molar-refractivity contribution in [3.8, 4) is 0 Å². The largest absolute Gasteiger partial charge is 0.385 e. The van der Waals surface area contributed by atoms with Crippen molar-refractivity contribution in [2.24, 2.45) is 5.92 Å². The highest BCUT2D eigenvalue weighted by atomic mass is 16.3. The molecule has 19 heavy (non-hydrogen) atoms. The molecule has 1 N–H and O–H groups in total. The second kappa shape index (κ2) is 4.92. The lowest BCUT2D eigenvalue weighted by Crippen LogP contribution is -2.52. The number of rotatable bonds is 1. The first-order valence-electron chi connectivity index (χ1n) is 7.26. The fourth-order valence-electron chi connectivity index (χ4n) is 3.78. The van der Waals surface area contributed by atoms with E-state index >= 15 is 0 Å². The molecule has 1 aromatic carbocycles. The van der Waals surface area contributed by atoms with Crippen molar-refractivity contribution < 1.29 is 5.11 Å². The first kappa shape index (κ1) is 14.5. The normalized spacial score (nSPS) is 32.6. The van der Waals surface area contributed by atoms with Crippen LogP contribution in [0.25, 0.3) is 0 Å². The van der Waals surface area contributed by atoms with Crippen LogP contribution in [0.3, 0.4) is 0 Å². The van der Waals surface area contributed by atoms with Gasteiger partial charge in [0.2, 0.25) is 0 Å². The summed E-state index contributed by atoms with van der Waals surface area (Å²) in [5, 5.41) is 11.3. The Kier molecular flexibility index (Phi) is 3.76. The molecule has 1 aliphatic rings. The molecule has 3 atom stereocenters. The Bertz CT molecular complexity index is 459. The van der Waals surface area contributed by atoms with E-state index in [0.717, 1.165) is 18.5 Å². The molecule has 1 fully saturated rings. The first-order chi connectivity index (χ1) is 8.75. The number of nitrogens with zero attached hydrogens (tertiary/aromatic N) is 1. The summed E-state index contributed by atoms with van der Waals surface area (Å²) in [5.41, 5.74) is 4.20. The second-order valence-electron chi connectivity index (χ2n) is 6.59. The van der Waals surface area contributed by atoms with Crippen molar-refractivity contribution in [3.63, 3.8) is 0 Å². The number of aryl methyl sites for hydroxylation is 3. The predicted octanol–water partition coefficient (Wildman–Crippen LogP) is 3.16. The van der Waals surface area contributed by atoms with Crippen molar-refractivity contribution in [1.29, 1.82) is 0 Å². The van der Waals surface area contributed by atoms with Gasteiger partial charge in [-0.25, -0.2) is 0 Å². The molecule has 0 aliphatic carbocycles. The summed E-state index contributed by atoms with van der Waals surface area (Å²) >= 11 is 0. The molecule has 0 saturated carbocycles. The third kappa shape index (κ3) is 2.44. The highest BCUT2D eigenvalue weighted by molar-refractivity contribution is 5.42. The van der Waals surface area contributed by atoms with Crippen LogP contribution < -0.4 is 0 Å². The maximum absolute atomic E-state index is 11.3. The van der Waals surface area contributed by atoms with Crippen LogP contribution in [0.4, 0.5) is 0 Å². The summed E-state index contributed by atoms with van der Waals surface area (Å²) in [4.78, 5) is 2.35. The van der Waals surface area contributed by atoms with Crippen LogP contribution in [0.15, 0.2) is 12.1 Å². The maximum Gasteiger partial charge on any atom is 0.0954 e. The molecule has 0 radical (unpaired) electrons. The van der Waals surface area contributed by atoms with Crippen LogP contribution in [0, 0.1) is 26.7 Å². The molecule has 2 rings (SSSR count). The van der Waals surface area contributed by atoms with Gasteiger partial charge in [0.25, 0.3) is 0 Å². The molecule has 0 aromatic heterocycles. The zero-order chi connectivity index (χ0) is 14.4. The number of likely N-dealkylation sites (tertiary alicyclic amines) is 1. The minimum Gasteiger partial charge on any atom is -0.385 e. The van der Waals surface area contributed by atoms with Crippen molar-refractivity contribution >= 4 is 0 Å². The van der Waals surface area contributed by atoms with E-state index in [1.54, 1.807) is 0 Å². The lowest BCUT2D eigenvalue weighted by atomic mass is 9.71. The van der Waals surface area contributed by atoms with Crippen LogP contribution in [0.1, 0.15) is 42.5 Å². The van der Waals surface area contributed by atoms with Crippen LogP contribution in [0.2, 0.25) is 0 Å². The van der Waals surface area contributed by atoms with Gasteiger partial charge in [0.05, 0.1) is 5.60 Å². The van der Waals surface area contributed by atoms with E-state index in [1.165, 1.54) is 16.7 Å². The number of aliphatic hydroxyl groups is 1. The van der Waals surface area contributed by atoms with Crippen LogP contribution >= 0.6 is 0 Å². The van der Waals surface area contributed by atoms with Gasteiger partial charge in [-0.1, -0.05) is 24.6 Å². The topological polar surface area (TPSA) is 23.5 Å². The Labute approximate surface area is 117 Å². The van der Waals surface area contributed by atoms with Gasteiger partial charge in [-0.05, 0) is 57.9 Å². The van der Waals surface area contributed by atoms with Gasteiger partial charge in [0.15, 0.2) is 0 Å². The van der Waals surface area contributed by atoms with Crippen LogP contribution in [-0.4, -0.2) is 29.6 Å². The van der Waals surface area contributed by atoms with Gasteiger partial charge in [-0.3, -0.25) is 0 Å². The zero-order valence-electron chi connectivity index (χ0n) is 13.1. The molecule has 106 valence electrons. The third-order valence-electron chi connectivity index (χ3n) is 4.85. The molecule has 0 bridgehead atoms. The number of hydrogen-bond donors (Lipinski definition) is 1. The molecular weight excluding hydrogens is 234 g/mol. The number of hydrogen-bond acceptors (Lipinski definition) is 2. The molecule has 0 spiro atoms. The second-order valence-corrected chi connectivity index (χ2v) is 6.59. The molecule has 1 aliphatic heterocycles. The Morgan fingerprint density at radius 1 is 1.16 bits per heavy atom. The lowest BCUT2D eigenvalue weighted by Gasteiger charge is -2.47. The van der Waals surface area contributed by atoms with E-state index in [-0.39, 0.29) is 5.92 Å². The summed E-state index contributed by atoms with van der Waals surface area (Å²) in [5.74, 6) is 0.258. The van der Waals surface area contributed by atoms with Crippen molar-refractivity contribution in [3.05, 3.63) is 34.4 Å². The first-order valence-corrected chi connectivity index (χ1v) is 7.26. The quantitative estimate of drug-likeness (QED) is 0.839. The van der Waals surface area contributed by atoms with E-state index in [0.29, 0.717) is 6.04 Å². The fraction of sp³-hybridized carbons (Fsp3) is 0.647. The molecule has 1 aromatic rings. The van der Waals surface area contributed by atoms with Gasteiger partial charge >= 0.3 is 0 Å². The summed E-state index contributed by atoms with van der Waals surface area (Å²) in [6.07, 6.45) is 0.815. The lowest BCUT2D eigenvalue weighted by molar-refractivity contribution is -0.0851. The summed E-state index contributed by atoms with van der Waals surface area (Å²) in [6.45, 7) is 11.7. The van der Waals surface area contributed by atoms with E-state index in [4.69, 9.17) is 0 Å². The molecule has 1 heterocycles. The predicted molar refractivity (Wildman–Crippen MR) is 80.4 cm³/mol. The maximum atomic E-state index is 11.3. The van der Waals surface area contributed by atoms with Crippen molar-refractivity contribution in [2.45, 2.75) is 52.7 Å². The van der Waals surface area contributed by atoms with Crippen LogP contribution in [-0.2, 0) is 5.60 Å². The molecule has 1 saturated heterocycles. The Hall–Kier alpha value is -0.860. The summed E-state index contributed by atoms with van der Waals surface area (Å²) < 4.78 is 0. The van der Waals surface area contributed by atoms with Gasteiger partial charge in [-0.15, -0.1) is 0 Å². The van der Waals surface area contributed by atoms with Crippen molar-refractivity contribution in [2.75, 3.05) is 13.6 Å². The Morgan fingerprint density at radius 2 is 1.68 bits per heavy atom. The smallest absolute Gasteiger partial charge is 0.0954 e. The van der Waals surface area contributed by atoms with Gasteiger partial charge in [0, 0.05) is 18.5 Å². The number of benzene rings is 1. The molecule has 2 heteroatoms. The van der Waals surface area contributed by atoms with Gasteiger partial charge in [0.1, 0.15) is 0 Å². The van der Waals surface area contributed by atoms with Crippen molar-refractivity contribution in [1.82, 2.24) is 4.90 Å². The van der Waals surface area contributed by atoms with E-state index in [2.05, 4.69) is 58.7 Å². The van der Waals surface area contributed by atoms with Gasteiger partial charge in [-0.2, -0.15) is 0 Å². The third-order valence-corrected chi connectivity index (χ3v) is 4.85. The van der Waals surface area contributed by atoms with E-state index in [1.807, 2.05) is 0 Å². The van der Waals surface area contributed by atoms with Gasteiger partial charge < -0.3 is 10.0 Å². The summed E-state index contributed by atoms with van der Waals surface area (Å²) in [6, 6.07) is 4.80. The highest BCUT2D eigenvalue weighted by Gasteiger charge is 2.43. The molecule has 0 unspecified atom stereocenters. The Morgan fingerprint density at radius 3 is 2.21 bits per heavy atom. The molecule has 2 nitrogen and oxygen atoms in total. The average molecular weight is 261 g/mol. The average Bonchev–Trinajstić information content (AvgIpc) is 2.25. The minimum absolute atomic E-state index is 0.258. The monoisotopic (exact) mass is 261 g/mol. The van der Waals surface area contributed by atoms with E-state index in [9.17, 15) is 5.11 Å². The zero-order valence-corrected chi connectivity index (χ0v) is 13.1.